The molecular formula is C11H15ClN2O. The Balaban J connectivity index is 2.77. The summed E-state index contributed by atoms with van der Waals surface area (Å²) in [5.41, 5.74) is 6.81. The summed E-state index contributed by atoms with van der Waals surface area (Å²) in [5, 5.41) is 3.33. The van der Waals surface area contributed by atoms with E-state index in [1.165, 1.54) is 0 Å². The zero-order chi connectivity index (χ0) is 11.4. The van der Waals surface area contributed by atoms with Gasteiger partial charge in [-0.15, -0.1) is 0 Å². The van der Waals surface area contributed by atoms with Gasteiger partial charge in [-0.25, -0.2) is 0 Å². The minimum absolute atomic E-state index is 0.0138. The van der Waals surface area contributed by atoms with Gasteiger partial charge in [0.05, 0.1) is 11.4 Å². The van der Waals surface area contributed by atoms with Crippen molar-refractivity contribution in [3.63, 3.8) is 0 Å². The molecule has 3 nitrogen and oxygen atoms in total. The Morgan fingerprint density at radius 1 is 1.60 bits per heavy atom. The van der Waals surface area contributed by atoms with Crippen molar-refractivity contribution in [3.8, 4) is 0 Å². The summed E-state index contributed by atoms with van der Waals surface area (Å²) in [6, 6.07) is 5.02. The second kappa shape index (κ2) is 5.03. The number of hydrogen-bond donors (Lipinski definition) is 2. The van der Waals surface area contributed by atoms with Gasteiger partial charge in [0.25, 0.3) is 0 Å². The molecule has 1 rings (SSSR count). The van der Waals surface area contributed by atoms with Crippen molar-refractivity contribution in [2.75, 3.05) is 11.1 Å². The van der Waals surface area contributed by atoms with Gasteiger partial charge in [0.15, 0.2) is 0 Å². The molecule has 4 heteroatoms. The quantitative estimate of drug-likeness (QED) is 0.779. The molecule has 0 aliphatic heterocycles. The van der Waals surface area contributed by atoms with Gasteiger partial charge in [0.2, 0.25) is 5.91 Å². The summed E-state index contributed by atoms with van der Waals surface area (Å²) >= 11 is 5.75. The van der Waals surface area contributed by atoms with Crippen molar-refractivity contribution in [1.29, 1.82) is 0 Å². The highest BCUT2D eigenvalue weighted by Gasteiger charge is 2.11. The van der Waals surface area contributed by atoms with E-state index < -0.39 is 0 Å². The SMILES string of the molecule is CCC(C)C(=O)Nc1ccc(Cl)cc1N. The molecular weight excluding hydrogens is 212 g/mol. The van der Waals surface area contributed by atoms with Crippen molar-refractivity contribution < 1.29 is 4.79 Å². The van der Waals surface area contributed by atoms with Crippen LogP contribution in [-0.4, -0.2) is 5.91 Å². The first-order chi connectivity index (χ1) is 7.04. The van der Waals surface area contributed by atoms with Crippen LogP contribution < -0.4 is 11.1 Å². The van der Waals surface area contributed by atoms with E-state index in [1.807, 2.05) is 13.8 Å². The van der Waals surface area contributed by atoms with Crippen molar-refractivity contribution in [2.24, 2.45) is 5.92 Å². The average molecular weight is 227 g/mol. The first-order valence-electron chi connectivity index (χ1n) is 4.90. The maximum absolute atomic E-state index is 11.6. The van der Waals surface area contributed by atoms with Crippen LogP contribution >= 0.6 is 11.6 Å². The maximum Gasteiger partial charge on any atom is 0.227 e. The summed E-state index contributed by atoms with van der Waals surface area (Å²) in [5.74, 6) is -0.0356. The molecule has 0 fully saturated rings. The van der Waals surface area contributed by atoms with Crippen LogP contribution in [0.3, 0.4) is 0 Å². The lowest BCUT2D eigenvalue weighted by atomic mass is 10.1. The number of anilines is 2. The van der Waals surface area contributed by atoms with Gasteiger partial charge in [-0.3, -0.25) is 4.79 Å². The molecule has 0 aromatic heterocycles. The van der Waals surface area contributed by atoms with E-state index in [0.29, 0.717) is 16.4 Å². The lowest BCUT2D eigenvalue weighted by molar-refractivity contribution is -0.119. The predicted octanol–water partition coefficient (Wildman–Crippen LogP) is 2.91. The number of nitrogens with two attached hydrogens (primary N) is 1. The van der Waals surface area contributed by atoms with Crippen LogP contribution in [-0.2, 0) is 4.79 Å². The van der Waals surface area contributed by atoms with E-state index in [0.717, 1.165) is 6.42 Å². The number of benzene rings is 1. The van der Waals surface area contributed by atoms with Gasteiger partial charge in [-0.05, 0) is 24.6 Å². The second-order valence-electron chi connectivity index (χ2n) is 3.53. The molecule has 0 aliphatic carbocycles. The molecule has 1 aromatic carbocycles. The number of hydrogen-bond acceptors (Lipinski definition) is 2. The van der Waals surface area contributed by atoms with Crippen LogP contribution in [0, 0.1) is 5.92 Å². The minimum atomic E-state index is -0.0217. The zero-order valence-electron chi connectivity index (χ0n) is 8.88. The monoisotopic (exact) mass is 226 g/mol. The van der Waals surface area contributed by atoms with Crippen LogP contribution in [0.5, 0.6) is 0 Å². The number of nitrogens with one attached hydrogen (secondary N) is 1. The number of amides is 1. The third-order valence-corrected chi connectivity index (χ3v) is 2.57. The molecule has 3 N–H and O–H groups in total. The van der Waals surface area contributed by atoms with Crippen molar-refractivity contribution in [1.82, 2.24) is 0 Å². The Morgan fingerprint density at radius 3 is 2.80 bits per heavy atom. The van der Waals surface area contributed by atoms with Crippen LogP contribution in [0.2, 0.25) is 5.02 Å². The molecule has 0 saturated heterocycles. The van der Waals surface area contributed by atoms with Crippen molar-refractivity contribution in [3.05, 3.63) is 23.2 Å². The number of rotatable bonds is 3. The van der Waals surface area contributed by atoms with E-state index >= 15 is 0 Å². The highest BCUT2D eigenvalue weighted by molar-refractivity contribution is 6.31. The van der Waals surface area contributed by atoms with E-state index in [-0.39, 0.29) is 11.8 Å². The molecule has 82 valence electrons. The third-order valence-electron chi connectivity index (χ3n) is 2.33. The molecule has 15 heavy (non-hydrogen) atoms. The standard InChI is InChI=1S/C11H15ClN2O/c1-3-7(2)11(15)14-10-5-4-8(12)6-9(10)13/h4-7H,3,13H2,1-2H3,(H,14,15). The molecule has 1 aromatic rings. The first-order valence-corrected chi connectivity index (χ1v) is 5.28. The van der Waals surface area contributed by atoms with Crippen LogP contribution in [0.15, 0.2) is 18.2 Å². The summed E-state index contributed by atoms with van der Waals surface area (Å²) in [7, 11) is 0. The minimum Gasteiger partial charge on any atom is -0.397 e. The van der Waals surface area contributed by atoms with Gasteiger partial charge in [-0.2, -0.15) is 0 Å². The molecule has 0 radical (unpaired) electrons. The van der Waals surface area contributed by atoms with Crippen LogP contribution in [0.25, 0.3) is 0 Å². The average Bonchev–Trinajstić information content (AvgIpc) is 2.20. The van der Waals surface area contributed by atoms with Gasteiger partial charge < -0.3 is 11.1 Å². The smallest absolute Gasteiger partial charge is 0.227 e. The van der Waals surface area contributed by atoms with Gasteiger partial charge in [-0.1, -0.05) is 25.4 Å². The van der Waals surface area contributed by atoms with Crippen LogP contribution in [0.1, 0.15) is 20.3 Å². The van der Waals surface area contributed by atoms with Gasteiger partial charge in [0.1, 0.15) is 0 Å². The summed E-state index contributed by atoms with van der Waals surface area (Å²) in [4.78, 5) is 11.6. The van der Waals surface area contributed by atoms with Crippen molar-refractivity contribution in [2.45, 2.75) is 20.3 Å². The molecule has 0 spiro atoms. The lowest BCUT2D eigenvalue weighted by Gasteiger charge is -2.11. The predicted molar refractivity (Wildman–Crippen MR) is 63.9 cm³/mol. The third kappa shape index (κ3) is 3.13. The van der Waals surface area contributed by atoms with E-state index in [1.54, 1.807) is 18.2 Å². The van der Waals surface area contributed by atoms with E-state index in [9.17, 15) is 4.79 Å². The van der Waals surface area contributed by atoms with E-state index in [4.69, 9.17) is 17.3 Å². The number of carbonyl (C=O) groups is 1. The Morgan fingerprint density at radius 2 is 2.27 bits per heavy atom. The maximum atomic E-state index is 11.6. The zero-order valence-corrected chi connectivity index (χ0v) is 9.64. The fourth-order valence-corrected chi connectivity index (χ4v) is 1.27. The molecule has 0 heterocycles. The topological polar surface area (TPSA) is 55.1 Å². The van der Waals surface area contributed by atoms with Gasteiger partial charge in [0, 0.05) is 10.9 Å². The highest BCUT2D eigenvalue weighted by atomic mass is 35.5. The second-order valence-corrected chi connectivity index (χ2v) is 3.97. The highest BCUT2D eigenvalue weighted by Crippen LogP contribution is 2.23. The Labute approximate surface area is 94.6 Å². The molecule has 0 bridgehead atoms. The molecule has 0 aliphatic rings. The fourth-order valence-electron chi connectivity index (χ4n) is 1.09. The Hall–Kier alpha value is -1.22. The molecule has 1 unspecified atom stereocenters. The Kier molecular flexibility index (Phi) is 3.97. The molecule has 1 atom stereocenters. The molecule has 0 saturated carbocycles. The lowest BCUT2D eigenvalue weighted by Crippen LogP contribution is -2.20. The number of halogens is 1. The molecule has 1 amide bonds. The number of carbonyl (C=O) groups excluding carboxylic acids is 1. The summed E-state index contributed by atoms with van der Waals surface area (Å²) in [6.45, 7) is 3.84. The summed E-state index contributed by atoms with van der Waals surface area (Å²) in [6.07, 6.45) is 0.805. The van der Waals surface area contributed by atoms with E-state index in [2.05, 4.69) is 5.32 Å². The summed E-state index contributed by atoms with van der Waals surface area (Å²) < 4.78 is 0. The Bertz CT molecular complexity index is 366. The fraction of sp³-hybridized carbons (Fsp3) is 0.364. The van der Waals surface area contributed by atoms with Gasteiger partial charge >= 0.3 is 0 Å². The number of nitrogen functional groups attached to an aromatic ring is 1. The first kappa shape index (κ1) is 11.9. The van der Waals surface area contributed by atoms with Crippen LogP contribution in [0.4, 0.5) is 11.4 Å². The van der Waals surface area contributed by atoms with Crippen molar-refractivity contribution >= 4 is 28.9 Å². The normalized spacial score (nSPS) is 12.2. The largest absolute Gasteiger partial charge is 0.397 e.